The van der Waals surface area contributed by atoms with Crippen molar-refractivity contribution in [3.05, 3.63) is 59.3 Å². The molecule has 88 valence electrons. The summed E-state index contributed by atoms with van der Waals surface area (Å²) >= 11 is 0. The van der Waals surface area contributed by atoms with Crippen LogP contribution in [0.3, 0.4) is 0 Å². The van der Waals surface area contributed by atoms with Gasteiger partial charge in [-0.15, -0.1) is 0 Å². The SMILES string of the molecule is CC(=O)O.O=c1ccn(-c2ccncc2)cc1. The van der Waals surface area contributed by atoms with E-state index in [1.54, 1.807) is 24.8 Å². The lowest BCUT2D eigenvalue weighted by molar-refractivity contribution is -0.134. The first-order valence-corrected chi connectivity index (χ1v) is 4.88. The van der Waals surface area contributed by atoms with Crippen LogP contribution in [0.1, 0.15) is 6.92 Å². The minimum absolute atomic E-state index is 0.0188. The Kier molecular flexibility index (Phi) is 4.62. The van der Waals surface area contributed by atoms with Gasteiger partial charge in [-0.1, -0.05) is 0 Å². The Morgan fingerprint density at radius 2 is 1.65 bits per heavy atom. The van der Waals surface area contributed by atoms with Gasteiger partial charge >= 0.3 is 0 Å². The minimum atomic E-state index is -0.833. The summed E-state index contributed by atoms with van der Waals surface area (Å²) in [6.07, 6.45) is 6.90. The number of hydrogen-bond donors (Lipinski definition) is 1. The van der Waals surface area contributed by atoms with Crippen molar-refractivity contribution in [3.8, 4) is 5.69 Å². The molecule has 2 rings (SSSR count). The summed E-state index contributed by atoms with van der Waals surface area (Å²) in [6.45, 7) is 1.08. The van der Waals surface area contributed by atoms with Gasteiger partial charge in [0.25, 0.3) is 5.97 Å². The molecule has 0 aliphatic carbocycles. The van der Waals surface area contributed by atoms with Crippen LogP contribution in [0.4, 0.5) is 0 Å². The van der Waals surface area contributed by atoms with Crippen molar-refractivity contribution < 1.29 is 9.90 Å². The highest BCUT2D eigenvalue weighted by Crippen LogP contribution is 2.02. The van der Waals surface area contributed by atoms with E-state index in [1.807, 2.05) is 16.7 Å². The Labute approximate surface area is 98.0 Å². The van der Waals surface area contributed by atoms with Gasteiger partial charge in [0.05, 0.1) is 0 Å². The smallest absolute Gasteiger partial charge is 0.300 e. The van der Waals surface area contributed by atoms with Crippen LogP contribution < -0.4 is 5.43 Å². The van der Waals surface area contributed by atoms with E-state index in [4.69, 9.17) is 9.90 Å². The van der Waals surface area contributed by atoms with Crippen LogP contribution in [0.25, 0.3) is 5.69 Å². The minimum Gasteiger partial charge on any atom is -0.481 e. The van der Waals surface area contributed by atoms with Crippen LogP contribution in [0.2, 0.25) is 0 Å². The van der Waals surface area contributed by atoms with Crippen LogP contribution in [-0.4, -0.2) is 20.6 Å². The van der Waals surface area contributed by atoms with E-state index in [9.17, 15) is 4.79 Å². The number of carboxylic acids is 1. The topological polar surface area (TPSA) is 72.2 Å². The van der Waals surface area contributed by atoms with E-state index in [-0.39, 0.29) is 5.43 Å². The normalized spacial score (nSPS) is 9.00. The highest BCUT2D eigenvalue weighted by molar-refractivity contribution is 5.62. The Hall–Kier alpha value is -2.43. The molecule has 0 fully saturated rings. The molecule has 2 heterocycles. The van der Waals surface area contributed by atoms with E-state index < -0.39 is 5.97 Å². The highest BCUT2D eigenvalue weighted by Gasteiger charge is 1.91. The summed E-state index contributed by atoms with van der Waals surface area (Å²) in [7, 11) is 0. The standard InChI is InChI=1S/C10H8N2O.C2H4O2/c13-10-3-7-12(8-4-10)9-1-5-11-6-2-9;1-2(3)4/h1-8H;1H3,(H,3,4). The average Bonchev–Trinajstić information content (AvgIpc) is 2.30. The van der Waals surface area contributed by atoms with Gasteiger partial charge in [-0.05, 0) is 12.1 Å². The molecular formula is C12H12N2O3. The lowest BCUT2D eigenvalue weighted by Crippen LogP contribution is -2.01. The fraction of sp³-hybridized carbons (Fsp3) is 0.0833. The van der Waals surface area contributed by atoms with Gasteiger partial charge in [-0.25, -0.2) is 0 Å². The molecule has 0 amide bonds. The quantitative estimate of drug-likeness (QED) is 0.804. The maximum absolute atomic E-state index is 10.8. The fourth-order valence-electron chi connectivity index (χ4n) is 1.10. The summed E-state index contributed by atoms with van der Waals surface area (Å²) in [5.74, 6) is -0.833. The summed E-state index contributed by atoms with van der Waals surface area (Å²) in [5, 5.41) is 7.42. The third-order valence-corrected chi connectivity index (χ3v) is 1.76. The number of nitrogens with zero attached hydrogens (tertiary/aromatic N) is 2. The van der Waals surface area contributed by atoms with Crippen molar-refractivity contribution >= 4 is 5.97 Å². The number of aliphatic carboxylic acids is 1. The molecule has 0 aromatic carbocycles. The van der Waals surface area contributed by atoms with Gasteiger partial charge in [0.15, 0.2) is 5.43 Å². The van der Waals surface area contributed by atoms with Crippen molar-refractivity contribution in [2.24, 2.45) is 0 Å². The van der Waals surface area contributed by atoms with Crippen LogP contribution in [0.15, 0.2) is 53.8 Å². The summed E-state index contributed by atoms with van der Waals surface area (Å²) in [6, 6.07) is 6.82. The van der Waals surface area contributed by atoms with E-state index in [1.165, 1.54) is 12.1 Å². The molecule has 1 N–H and O–H groups in total. The first-order valence-electron chi connectivity index (χ1n) is 4.88. The van der Waals surface area contributed by atoms with Crippen LogP contribution in [0, 0.1) is 0 Å². The van der Waals surface area contributed by atoms with Gasteiger partial charge in [0, 0.05) is 49.5 Å². The molecule has 2 aromatic heterocycles. The van der Waals surface area contributed by atoms with Gasteiger partial charge in [-0.2, -0.15) is 0 Å². The Morgan fingerprint density at radius 3 is 2.12 bits per heavy atom. The van der Waals surface area contributed by atoms with Crippen molar-refractivity contribution in [1.82, 2.24) is 9.55 Å². The zero-order valence-corrected chi connectivity index (χ0v) is 9.28. The van der Waals surface area contributed by atoms with Crippen LogP contribution in [-0.2, 0) is 4.79 Å². The van der Waals surface area contributed by atoms with E-state index >= 15 is 0 Å². The second-order valence-electron chi connectivity index (χ2n) is 3.17. The first kappa shape index (κ1) is 12.6. The molecule has 0 bridgehead atoms. The summed E-state index contributed by atoms with van der Waals surface area (Å²) in [4.78, 5) is 23.7. The number of carbonyl (C=O) groups is 1. The molecule has 5 heteroatoms. The monoisotopic (exact) mass is 232 g/mol. The molecule has 0 saturated heterocycles. The zero-order valence-electron chi connectivity index (χ0n) is 9.28. The van der Waals surface area contributed by atoms with Crippen LogP contribution in [0.5, 0.6) is 0 Å². The number of pyridine rings is 2. The second-order valence-corrected chi connectivity index (χ2v) is 3.17. The molecule has 0 radical (unpaired) electrons. The largest absolute Gasteiger partial charge is 0.481 e. The van der Waals surface area contributed by atoms with Crippen molar-refractivity contribution in [3.63, 3.8) is 0 Å². The number of carboxylic acid groups (broad SMARTS) is 1. The predicted octanol–water partition coefficient (Wildman–Crippen LogP) is 1.32. The highest BCUT2D eigenvalue weighted by atomic mass is 16.4. The fourth-order valence-corrected chi connectivity index (χ4v) is 1.10. The van der Waals surface area contributed by atoms with Crippen molar-refractivity contribution in [2.45, 2.75) is 6.92 Å². The van der Waals surface area contributed by atoms with E-state index in [0.29, 0.717) is 0 Å². The third-order valence-electron chi connectivity index (χ3n) is 1.76. The molecule has 0 saturated carbocycles. The molecular weight excluding hydrogens is 220 g/mol. The molecule has 0 atom stereocenters. The molecule has 0 aliphatic rings. The molecule has 17 heavy (non-hydrogen) atoms. The predicted molar refractivity (Wildman–Crippen MR) is 63.1 cm³/mol. The van der Waals surface area contributed by atoms with Crippen molar-refractivity contribution in [1.29, 1.82) is 0 Å². The number of rotatable bonds is 1. The zero-order chi connectivity index (χ0) is 12.7. The number of hydrogen-bond acceptors (Lipinski definition) is 3. The van der Waals surface area contributed by atoms with Crippen molar-refractivity contribution in [2.75, 3.05) is 0 Å². The lowest BCUT2D eigenvalue weighted by atomic mass is 10.4. The summed E-state index contributed by atoms with van der Waals surface area (Å²) in [5.41, 5.74) is 1.01. The Morgan fingerprint density at radius 1 is 1.18 bits per heavy atom. The van der Waals surface area contributed by atoms with E-state index in [0.717, 1.165) is 12.6 Å². The van der Waals surface area contributed by atoms with Gasteiger partial charge in [0.2, 0.25) is 0 Å². The maximum Gasteiger partial charge on any atom is 0.300 e. The van der Waals surface area contributed by atoms with Gasteiger partial charge in [-0.3, -0.25) is 14.6 Å². The lowest BCUT2D eigenvalue weighted by Gasteiger charge is -2.03. The van der Waals surface area contributed by atoms with E-state index in [2.05, 4.69) is 4.98 Å². The first-order chi connectivity index (χ1) is 8.09. The molecule has 0 spiro atoms. The Bertz CT molecular complexity index is 510. The third kappa shape index (κ3) is 4.74. The van der Waals surface area contributed by atoms with Crippen LogP contribution >= 0.6 is 0 Å². The average molecular weight is 232 g/mol. The van der Waals surface area contributed by atoms with Gasteiger partial charge < -0.3 is 9.67 Å². The maximum atomic E-state index is 10.8. The Balaban J connectivity index is 0.000000317. The summed E-state index contributed by atoms with van der Waals surface area (Å²) < 4.78 is 1.86. The molecule has 2 aromatic rings. The number of aromatic nitrogens is 2. The molecule has 5 nitrogen and oxygen atoms in total. The molecule has 0 aliphatic heterocycles. The second kappa shape index (κ2) is 6.22. The molecule has 0 unspecified atom stereocenters. The van der Waals surface area contributed by atoms with Gasteiger partial charge in [0.1, 0.15) is 0 Å².